The summed E-state index contributed by atoms with van der Waals surface area (Å²) in [5.74, 6) is 0.0901. The van der Waals surface area contributed by atoms with E-state index < -0.39 is 5.54 Å². The average Bonchev–Trinajstić information content (AvgIpc) is 3.13. The molecular formula is C13H26N2O2. The van der Waals surface area contributed by atoms with Gasteiger partial charge in [0.25, 0.3) is 0 Å². The molecule has 0 aromatic rings. The predicted octanol–water partition coefficient (Wildman–Crippen LogP) is 1.44. The molecule has 4 nitrogen and oxygen atoms in total. The second kappa shape index (κ2) is 6.36. The SMILES string of the molecule is CCCNC(COC(C)CC)(C(N)=O)C1CC1. The number of nitrogens with two attached hydrogens (primary N) is 1. The van der Waals surface area contributed by atoms with Crippen LogP contribution < -0.4 is 11.1 Å². The van der Waals surface area contributed by atoms with Gasteiger partial charge < -0.3 is 15.8 Å². The highest BCUT2D eigenvalue weighted by Crippen LogP contribution is 2.40. The summed E-state index contributed by atoms with van der Waals surface area (Å²) >= 11 is 0. The maximum atomic E-state index is 11.8. The molecule has 0 aromatic carbocycles. The summed E-state index contributed by atoms with van der Waals surface area (Å²) in [6.07, 6.45) is 4.27. The number of primary amides is 1. The highest BCUT2D eigenvalue weighted by atomic mass is 16.5. The van der Waals surface area contributed by atoms with Crippen LogP contribution in [0.5, 0.6) is 0 Å². The van der Waals surface area contributed by atoms with Crippen molar-refractivity contribution in [2.75, 3.05) is 13.2 Å². The molecule has 2 unspecified atom stereocenters. The molecule has 17 heavy (non-hydrogen) atoms. The van der Waals surface area contributed by atoms with E-state index in [2.05, 4.69) is 19.2 Å². The lowest BCUT2D eigenvalue weighted by molar-refractivity contribution is -0.129. The second-order valence-corrected chi connectivity index (χ2v) is 5.07. The number of hydrogen-bond acceptors (Lipinski definition) is 3. The van der Waals surface area contributed by atoms with Crippen LogP contribution in [0.15, 0.2) is 0 Å². The largest absolute Gasteiger partial charge is 0.376 e. The third-order valence-corrected chi connectivity index (χ3v) is 3.57. The van der Waals surface area contributed by atoms with Gasteiger partial charge in [0, 0.05) is 0 Å². The topological polar surface area (TPSA) is 64.3 Å². The number of amides is 1. The summed E-state index contributed by atoms with van der Waals surface area (Å²) in [6.45, 7) is 7.40. The first-order valence-electron chi connectivity index (χ1n) is 6.73. The molecule has 1 amide bonds. The van der Waals surface area contributed by atoms with Crippen molar-refractivity contribution in [2.24, 2.45) is 11.7 Å². The minimum Gasteiger partial charge on any atom is -0.376 e. The number of carbonyl (C=O) groups excluding carboxylic acids is 1. The number of nitrogens with one attached hydrogen (secondary N) is 1. The predicted molar refractivity (Wildman–Crippen MR) is 68.6 cm³/mol. The molecule has 1 aliphatic carbocycles. The number of rotatable bonds is 9. The Labute approximate surface area is 104 Å². The van der Waals surface area contributed by atoms with Gasteiger partial charge in [-0.3, -0.25) is 4.79 Å². The zero-order chi connectivity index (χ0) is 12.9. The van der Waals surface area contributed by atoms with Crippen LogP contribution in [0.4, 0.5) is 0 Å². The second-order valence-electron chi connectivity index (χ2n) is 5.07. The minimum absolute atomic E-state index is 0.177. The minimum atomic E-state index is -0.639. The van der Waals surface area contributed by atoms with Crippen LogP contribution >= 0.6 is 0 Å². The van der Waals surface area contributed by atoms with Crippen LogP contribution in [0.2, 0.25) is 0 Å². The molecule has 4 heteroatoms. The van der Waals surface area contributed by atoms with Crippen LogP contribution in [-0.2, 0) is 9.53 Å². The zero-order valence-electron chi connectivity index (χ0n) is 11.3. The molecular weight excluding hydrogens is 216 g/mol. The van der Waals surface area contributed by atoms with Gasteiger partial charge in [-0.05, 0) is 45.1 Å². The average molecular weight is 242 g/mol. The maximum Gasteiger partial charge on any atom is 0.240 e. The van der Waals surface area contributed by atoms with Crippen LogP contribution in [0.1, 0.15) is 46.5 Å². The number of carbonyl (C=O) groups is 1. The molecule has 1 fully saturated rings. The van der Waals surface area contributed by atoms with E-state index in [4.69, 9.17) is 10.5 Å². The zero-order valence-corrected chi connectivity index (χ0v) is 11.3. The monoisotopic (exact) mass is 242 g/mol. The van der Waals surface area contributed by atoms with Gasteiger partial charge in [0.2, 0.25) is 5.91 Å². The van der Waals surface area contributed by atoms with Gasteiger partial charge in [0.15, 0.2) is 0 Å². The Morgan fingerprint density at radius 2 is 2.18 bits per heavy atom. The van der Waals surface area contributed by atoms with E-state index in [-0.39, 0.29) is 12.0 Å². The molecule has 1 rings (SSSR count). The van der Waals surface area contributed by atoms with Crippen LogP contribution in [-0.4, -0.2) is 30.7 Å². The highest BCUT2D eigenvalue weighted by Gasteiger charge is 2.49. The van der Waals surface area contributed by atoms with Crippen molar-refractivity contribution in [3.8, 4) is 0 Å². The van der Waals surface area contributed by atoms with E-state index in [1.165, 1.54) is 0 Å². The van der Waals surface area contributed by atoms with Crippen LogP contribution in [0.3, 0.4) is 0 Å². The van der Waals surface area contributed by atoms with Gasteiger partial charge in [-0.1, -0.05) is 13.8 Å². The fraction of sp³-hybridized carbons (Fsp3) is 0.923. The van der Waals surface area contributed by atoms with Crippen LogP contribution in [0.25, 0.3) is 0 Å². The normalized spacial score (nSPS) is 20.9. The Bertz CT molecular complexity index is 254. The third-order valence-electron chi connectivity index (χ3n) is 3.57. The summed E-state index contributed by atoms with van der Waals surface area (Å²) in [5, 5.41) is 3.32. The third kappa shape index (κ3) is 3.68. The molecule has 0 bridgehead atoms. The Balaban J connectivity index is 2.64. The van der Waals surface area contributed by atoms with Gasteiger partial charge in [0.05, 0.1) is 12.7 Å². The van der Waals surface area contributed by atoms with Crippen molar-refractivity contribution in [1.82, 2.24) is 5.32 Å². The van der Waals surface area contributed by atoms with E-state index in [9.17, 15) is 4.79 Å². The molecule has 1 saturated carbocycles. The molecule has 3 N–H and O–H groups in total. The van der Waals surface area contributed by atoms with Gasteiger partial charge in [-0.25, -0.2) is 0 Å². The molecule has 2 atom stereocenters. The van der Waals surface area contributed by atoms with E-state index in [0.29, 0.717) is 12.5 Å². The Kier molecular flexibility index (Phi) is 5.40. The van der Waals surface area contributed by atoms with E-state index in [0.717, 1.165) is 32.2 Å². The van der Waals surface area contributed by atoms with Crippen molar-refractivity contribution < 1.29 is 9.53 Å². The molecule has 0 saturated heterocycles. The van der Waals surface area contributed by atoms with E-state index in [1.807, 2.05) is 6.92 Å². The Morgan fingerprint density at radius 3 is 2.59 bits per heavy atom. The Morgan fingerprint density at radius 1 is 1.53 bits per heavy atom. The lowest BCUT2D eigenvalue weighted by atomic mass is 9.93. The first-order valence-corrected chi connectivity index (χ1v) is 6.73. The van der Waals surface area contributed by atoms with E-state index >= 15 is 0 Å². The van der Waals surface area contributed by atoms with Gasteiger partial charge in [0.1, 0.15) is 5.54 Å². The lowest BCUT2D eigenvalue weighted by Gasteiger charge is -2.32. The van der Waals surface area contributed by atoms with Crippen molar-refractivity contribution in [3.05, 3.63) is 0 Å². The van der Waals surface area contributed by atoms with Crippen molar-refractivity contribution in [1.29, 1.82) is 0 Å². The summed E-state index contributed by atoms with van der Waals surface area (Å²) in [6, 6.07) is 0. The maximum absolute atomic E-state index is 11.8. The fourth-order valence-corrected chi connectivity index (χ4v) is 1.99. The highest BCUT2D eigenvalue weighted by molar-refractivity contribution is 5.85. The van der Waals surface area contributed by atoms with E-state index in [1.54, 1.807) is 0 Å². The number of ether oxygens (including phenoxy) is 1. The molecule has 0 radical (unpaired) electrons. The standard InChI is InChI=1S/C13H26N2O2/c1-4-8-15-13(12(14)16,11-6-7-11)9-17-10(3)5-2/h10-11,15H,4-9H2,1-3H3,(H2,14,16). The molecule has 1 aliphatic rings. The molecule has 100 valence electrons. The Hall–Kier alpha value is -0.610. The molecule has 0 spiro atoms. The smallest absolute Gasteiger partial charge is 0.240 e. The fourth-order valence-electron chi connectivity index (χ4n) is 1.99. The summed E-state index contributed by atoms with van der Waals surface area (Å²) in [5.41, 5.74) is 4.96. The molecule has 0 aromatic heterocycles. The van der Waals surface area contributed by atoms with Gasteiger partial charge in [-0.15, -0.1) is 0 Å². The van der Waals surface area contributed by atoms with Crippen LogP contribution in [0, 0.1) is 5.92 Å². The quantitative estimate of drug-likeness (QED) is 0.643. The molecule has 0 aliphatic heterocycles. The summed E-state index contributed by atoms with van der Waals surface area (Å²) in [4.78, 5) is 11.8. The number of hydrogen-bond donors (Lipinski definition) is 2. The lowest BCUT2D eigenvalue weighted by Crippen LogP contribution is -2.60. The summed E-state index contributed by atoms with van der Waals surface area (Å²) in [7, 11) is 0. The van der Waals surface area contributed by atoms with Crippen molar-refractivity contribution in [2.45, 2.75) is 58.1 Å². The summed E-state index contributed by atoms with van der Waals surface area (Å²) < 4.78 is 5.75. The molecule has 0 heterocycles. The first kappa shape index (κ1) is 14.5. The van der Waals surface area contributed by atoms with Gasteiger partial charge in [-0.2, -0.15) is 0 Å². The van der Waals surface area contributed by atoms with Crippen molar-refractivity contribution >= 4 is 5.91 Å². The van der Waals surface area contributed by atoms with Gasteiger partial charge >= 0.3 is 0 Å². The van der Waals surface area contributed by atoms with Crippen molar-refractivity contribution in [3.63, 3.8) is 0 Å². The first-order chi connectivity index (χ1) is 8.06.